The number of benzene rings is 3. The van der Waals surface area contributed by atoms with Crippen molar-refractivity contribution in [2.24, 2.45) is 18.6 Å². The highest BCUT2D eigenvalue weighted by atomic mass is 32.2. The van der Waals surface area contributed by atoms with Gasteiger partial charge in [-0.05, 0) is 47.7 Å². The van der Waals surface area contributed by atoms with Crippen molar-refractivity contribution in [3.05, 3.63) is 95.4 Å². The van der Waals surface area contributed by atoms with Crippen molar-refractivity contribution in [1.82, 2.24) is 9.55 Å². The summed E-state index contributed by atoms with van der Waals surface area (Å²) in [5.74, 6) is 6.95. The van der Waals surface area contributed by atoms with Gasteiger partial charge in [0.05, 0.1) is 48.0 Å². The summed E-state index contributed by atoms with van der Waals surface area (Å²) in [6.07, 6.45) is 4.32. The van der Waals surface area contributed by atoms with Crippen LogP contribution in [-0.4, -0.2) is 37.2 Å². The van der Waals surface area contributed by atoms with Crippen LogP contribution in [-0.2, 0) is 22.5 Å². The molecule has 1 aromatic heterocycles. The standard InChI is InChI=1S/C32H39N7O4S/c1-20-13-14-22(31(40)36-25-16-23(32(2,3)4)17-26(29(25)43-6)37-44(7,41)42)15-27(20)39(34)19-24(33)28-18-35-30(38(28)5)21-11-9-8-10-12-21/h8-19,37H,33-34H2,1-7H3,(H,36,40)/b24-19-. The van der Waals surface area contributed by atoms with Gasteiger partial charge in [-0.2, -0.15) is 0 Å². The van der Waals surface area contributed by atoms with Crippen LogP contribution in [0.25, 0.3) is 17.1 Å². The second kappa shape index (κ2) is 12.4. The number of methoxy groups -OCH3 is 1. The number of nitrogens with one attached hydrogen (secondary N) is 2. The maximum Gasteiger partial charge on any atom is 0.255 e. The molecule has 0 spiro atoms. The lowest BCUT2D eigenvalue weighted by Gasteiger charge is -2.24. The molecular formula is C32H39N7O4S. The topological polar surface area (TPSA) is 158 Å². The number of hydrogen-bond donors (Lipinski definition) is 4. The fourth-order valence-corrected chi connectivity index (χ4v) is 5.24. The second-order valence-electron chi connectivity index (χ2n) is 11.6. The summed E-state index contributed by atoms with van der Waals surface area (Å²) < 4.78 is 34.1. The minimum Gasteiger partial charge on any atom is -0.492 e. The number of carbonyl (C=O) groups is 1. The summed E-state index contributed by atoms with van der Waals surface area (Å²) in [6, 6.07) is 18.4. The van der Waals surface area contributed by atoms with E-state index in [1.165, 1.54) is 12.1 Å². The maximum absolute atomic E-state index is 13.5. The second-order valence-corrected chi connectivity index (χ2v) is 13.3. The average molecular weight is 618 g/mol. The van der Waals surface area contributed by atoms with Gasteiger partial charge in [0.15, 0.2) is 5.75 Å². The zero-order valence-electron chi connectivity index (χ0n) is 26.0. The molecule has 0 aliphatic carbocycles. The molecule has 4 rings (SSSR count). The Morgan fingerprint density at radius 3 is 2.34 bits per heavy atom. The molecule has 6 N–H and O–H groups in total. The van der Waals surface area contributed by atoms with Gasteiger partial charge in [-0.15, -0.1) is 0 Å². The summed E-state index contributed by atoms with van der Waals surface area (Å²) in [4.78, 5) is 18.1. The lowest BCUT2D eigenvalue weighted by atomic mass is 9.86. The van der Waals surface area contributed by atoms with Gasteiger partial charge in [0.25, 0.3) is 5.91 Å². The van der Waals surface area contributed by atoms with Crippen LogP contribution in [0.15, 0.2) is 73.1 Å². The summed E-state index contributed by atoms with van der Waals surface area (Å²) in [5.41, 5.74) is 11.1. The van der Waals surface area contributed by atoms with E-state index in [2.05, 4.69) is 15.0 Å². The first-order chi connectivity index (χ1) is 20.6. The van der Waals surface area contributed by atoms with E-state index < -0.39 is 15.9 Å². The number of hydrazine groups is 1. The van der Waals surface area contributed by atoms with Crippen molar-refractivity contribution in [2.45, 2.75) is 33.1 Å². The van der Waals surface area contributed by atoms with Gasteiger partial charge in [0.2, 0.25) is 10.0 Å². The smallest absolute Gasteiger partial charge is 0.255 e. The number of nitrogens with two attached hydrogens (primary N) is 2. The third-order valence-electron chi connectivity index (χ3n) is 7.05. The van der Waals surface area contributed by atoms with Crippen LogP contribution in [0.5, 0.6) is 5.75 Å². The van der Waals surface area contributed by atoms with Crippen molar-refractivity contribution in [3.8, 4) is 17.1 Å². The third-order valence-corrected chi connectivity index (χ3v) is 7.64. The maximum atomic E-state index is 13.5. The number of imidazole rings is 1. The van der Waals surface area contributed by atoms with Crippen molar-refractivity contribution < 1.29 is 17.9 Å². The minimum atomic E-state index is -3.62. The van der Waals surface area contributed by atoms with Crippen molar-refractivity contribution >= 4 is 38.7 Å². The molecule has 0 atom stereocenters. The van der Waals surface area contributed by atoms with E-state index in [9.17, 15) is 13.2 Å². The van der Waals surface area contributed by atoms with Crippen LogP contribution in [0.2, 0.25) is 0 Å². The zero-order valence-corrected chi connectivity index (χ0v) is 26.8. The molecule has 44 heavy (non-hydrogen) atoms. The lowest BCUT2D eigenvalue weighted by molar-refractivity contribution is 0.102. The molecule has 0 aliphatic heterocycles. The number of hydrogen-bond acceptors (Lipinski definition) is 8. The minimum absolute atomic E-state index is 0.186. The Morgan fingerprint density at radius 2 is 1.73 bits per heavy atom. The number of rotatable bonds is 9. The predicted octanol–water partition coefficient (Wildman–Crippen LogP) is 4.96. The van der Waals surface area contributed by atoms with Gasteiger partial charge in [0, 0.05) is 24.4 Å². The highest BCUT2D eigenvalue weighted by molar-refractivity contribution is 7.92. The van der Waals surface area contributed by atoms with E-state index in [-0.39, 0.29) is 16.9 Å². The molecule has 1 heterocycles. The Kier molecular flexibility index (Phi) is 9.07. The number of aromatic nitrogens is 2. The molecule has 0 fully saturated rings. The van der Waals surface area contributed by atoms with Crippen LogP contribution in [0.1, 0.15) is 48.0 Å². The van der Waals surface area contributed by atoms with Crippen molar-refractivity contribution in [3.63, 3.8) is 0 Å². The van der Waals surface area contributed by atoms with Crippen LogP contribution in [0, 0.1) is 6.92 Å². The van der Waals surface area contributed by atoms with Gasteiger partial charge in [-0.25, -0.2) is 19.2 Å². The summed E-state index contributed by atoms with van der Waals surface area (Å²) in [5, 5.41) is 4.25. The molecule has 3 aromatic carbocycles. The summed E-state index contributed by atoms with van der Waals surface area (Å²) in [7, 11) is -0.331. The van der Waals surface area contributed by atoms with Gasteiger partial charge in [-0.3, -0.25) is 14.5 Å². The first-order valence-corrected chi connectivity index (χ1v) is 15.7. The molecule has 4 aromatic rings. The van der Waals surface area contributed by atoms with E-state index in [1.54, 1.807) is 42.7 Å². The van der Waals surface area contributed by atoms with E-state index in [0.29, 0.717) is 28.3 Å². The fraction of sp³-hybridized carbons (Fsp3) is 0.250. The molecule has 11 nitrogen and oxygen atoms in total. The number of anilines is 3. The molecule has 1 amide bonds. The first kappa shape index (κ1) is 32.1. The molecule has 0 aliphatic rings. The number of amides is 1. The SMILES string of the molecule is COc1c(NC(=O)c2ccc(C)c(N(N)/C=C(\N)c3cnc(-c4ccccc4)n3C)c2)cc(C(C)(C)C)cc1NS(C)(=O)=O. The predicted molar refractivity (Wildman–Crippen MR) is 177 cm³/mol. The number of ether oxygens (including phenoxy) is 1. The largest absolute Gasteiger partial charge is 0.492 e. The van der Waals surface area contributed by atoms with Gasteiger partial charge >= 0.3 is 0 Å². The van der Waals surface area contributed by atoms with Crippen LogP contribution in [0.3, 0.4) is 0 Å². The van der Waals surface area contributed by atoms with Crippen LogP contribution in [0.4, 0.5) is 17.1 Å². The normalized spacial score (nSPS) is 12.1. The molecule has 12 heteroatoms. The molecule has 0 bridgehead atoms. The van der Waals surface area contributed by atoms with Gasteiger partial charge in [-0.1, -0.05) is 57.2 Å². The quantitative estimate of drug-likeness (QED) is 0.152. The molecule has 0 saturated carbocycles. The molecular weight excluding hydrogens is 578 g/mol. The Labute approximate surface area is 258 Å². The lowest BCUT2D eigenvalue weighted by Crippen LogP contribution is -2.27. The van der Waals surface area contributed by atoms with Crippen molar-refractivity contribution in [1.29, 1.82) is 0 Å². The monoisotopic (exact) mass is 617 g/mol. The Morgan fingerprint density at radius 1 is 1.07 bits per heavy atom. The van der Waals surface area contributed by atoms with E-state index >= 15 is 0 Å². The summed E-state index contributed by atoms with van der Waals surface area (Å²) in [6.45, 7) is 7.83. The Balaban J connectivity index is 1.65. The van der Waals surface area contributed by atoms with E-state index in [4.69, 9.17) is 16.3 Å². The zero-order chi connectivity index (χ0) is 32.4. The van der Waals surface area contributed by atoms with Gasteiger partial charge in [0.1, 0.15) is 5.82 Å². The highest BCUT2D eigenvalue weighted by Gasteiger charge is 2.23. The Hall–Kier alpha value is -4.81. The molecule has 0 radical (unpaired) electrons. The Bertz CT molecular complexity index is 1830. The highest BCUT2D eigenvalue weighted by Crippen LogP contribution is 2.39. The number of aryl methyl sites for hydroxylation is 1. The first-order valence-electron chi connectivity index (χ1n) is 13.8. The van der Waals surface area contributed by atoms with Crippen LogP contribution >= 0.6 is 0 Å². The summed E-state index contributed by atoms with van der Waals surface area (Å²) >= 11 is 0. The van der Waals surface area contributed by atoms with Crippen LogP contribution < -0.4 is 31.4 Å². The average Bonchev–Trinajstić information content (AvgIpc) is 3.33. The number of nitrogens with zero attached hydrogens (tertiary/aromatic N) is 3. The molecule has 232 valence electrons. The van der Waals surface area contributed by atoms with E-state index in [1.807, 2.05) is 69.6 Å². The fourth-order valence-electron chi connectivity index (χ4n) is 4.69. The number of carbonyl (C=O) groups excluding carboxylic acids is 1. The van der Waals surface area contributed by atoms with E-state index in [0.717, 1.165) is 28.8 Å². The molecule has 0 unspecified atom stereocenters. The third kappa shape index (κ3) is 7.21. The number of sulfonamides is 1. The van der Waals surface area contributed by atoms with Crippen molar-refractivity contribution in [2.75, 3.05) is 28.4 Å². The van der Waals surface area contributed by atoms with Gasteiger partial charge < -0.3 is 20.4 Å². The molecule has 0 saturated heterocycles.